The van der Waals surface area contributed by atoms with Gasteiger partial charge in [-0.2, -0.15) is 0 Å². The third-order valence-electron chi connectivity index (χ3n) is 3.55. The molecule has 0 aromatic heterocycles. The van der Waals surface area contributed by atoms with E-state index >= 15 is 0 Å². The fourth-order valence-electron chi connectivity index (χ4n) is 2.51. The van der Waals surface area contributed by atoms with Gasteiger partial charge in [-0.25, -0.2) is 22.0 Å². The molecule has 0 unspecified atom stereocenters. The van der Waals surface area contributed by atoms with Gasteiger partial charge in [-0.3, -0.25) is 0 Å². The minimum atomic E-state index is -2.89. The standard InChI is InChI=1S/C16H23F5O3Si/c1-4-22-25(23-5-2,24-6-3)10-8-7-9-11-12(17)14(19)16(21)15(20)13(11)18/h4-10H2,1-3H3. The highest BCUT2D eigenvalue weighted by Gasteiger charge is 2.39. The molecule has 1 aromatic carbocycles. The lowest BCUT2D eigenvalue weighted by Crippen LogP contribution is -2.45. The van der Waals surface area contributed by atoms with Crippen LogP contribution in [0.15, 0.2) is 0 Å². The second kappa shape index (κ2) is 10.2. The van der Waals surface area contributed by atoms with Crippen LogP contribution in [0.2, 0.25) is 6.04 Å². The highest BCUT2D eigenvalue weighted by molar-refractivity contribution is 6.60. The van der Waals surface area contributed by atoms with Gasteiger partial charge in [0.05, 0.1) is 0 Å². The average molecular weight is 386 g/mol. The summed E-state index contributed by atoms with van der Waals surface area (Å²) >= 11 is 0. The van der Waals surface area contributed by atoms with Gasteiger partial charge in [0.25, 0.3) is 0 Å². The molecule has 0 fully saturated rings. The number of unbranched alkanes of at least 4 members (excludes halogenated alkanes) is 1. The fraction of sp³-hybridized carbons (Fsp3) is 0.625. The Labute approximate surface area is 145 Å². The third kappa shape index (κ3) is 5.47. The van der Waals surface area contributed by atoms with E-state index in [4.69, 9.17) is 13.3 Å². The van der Waals surface area contributed by atoms with Crippen molar-refractivity contribution in [2.45, 2.75) is 46.1 Å². The molecule has 25 heavy (non-hydrogen) atoms. The third-order valence-corrected chi connectivity index (χ3v) is 6.70. The molecule has 1 rings (SSSR count). The predicted molar refractivity (Wildman–Crippen MR) is 84.6 cm³/mol. The Kier molecular flexibility index (Phi) is 8.98. The molecule has 3 nitrogen and oxygen atoms in total. The Morgan fingerprint density at radius 3 is 1.44 bits per heavy atom. The Morgan fingerprint density at radius 2 is 1.04 bits per heavy atom. The first-order valence-corrected chi connectivity index (χ1v) is 10.2. The molecule has 1 aromatic rings. The van der Waals surface area contributed by atoms with Gasteiger partial charge in [-0.05, 0) is 40.0 Å². The molecule has 0 bridgehead atoms. The van der Waals surface area contributed by atoms with E-state index in [-0.39, 0.29) is 12.8 Å². The fourth-order valence-corrected chi connectivity index (χ4v) is 5.20. The van der Waals surface area contributed by atoms with Crippen LogP contribution in [0, 0.1) is 29.1 Å². The monoisotopic (exact) mass is 386 g/mol. The van der Waals surface area contributed by atoms with Gasteiger partial charge in [-0.1, -0.05) is 0 Å². The SMILES string of the molecule is CCO[Si](CCCCc1c(F)c(F)c(F)c(F)c1F)(OCC)OCC. The Morgan fingerprint density at radius 1 is 0.640 bits per heavy atom. The highest BCUT2D eigenvalue weighted by atomic mass is 28.4. The zero-order chi connectivity index (χ0) is 19.0. The van der Waals surface area contributed by atoms with Crippen molar-refractivity contribution in [2.24, 2.45) is 0 Å². The van der Waals surface area contributed by atoms with E-state index < -0.39 is 43.5 Å². The van der Waals surface area contributed by atoms with Crippen molar-refractivity contribution < 1.29 is 35.2 Å². The molecule has 0 aliphatic carbocycles. The van der Waals surface area contributed by atoms with Crippen LogP contribution in [0.25, 0.3) is 0 Å². The summed E-state index contributed by atoms with van der Waals surface area (Å²) < 4.78 is 83.6. The van der Waals surface area contributed by atoms with Gasteiger partial charge in [-0.15, -0.1) is 0 Å². The smallest absolute Gasteiger partial charge is 0.374 e. The molecule has 9 heteroatoms. The number of hydrogen-bond donors (Lipinski definition) is 0. The van der Waals surface area contributed by atoms with Gasteiger partial charge < -0.3 is 13.3 Å². The number of halogens is 5. The van der Waals surface area contributed by atoms with E-state index in [1.54, 1.807) is 20.8 Å². The zero-order valence-corrected chi connectivity index (χ0v) is 15.6. The molecule has 0 amide bonds. The van der Waals surface area contributed by atoms with Crippen molar-refractivity contribution in [2.75, 3.05) is 19.8 Å². The van der Waals surface area contributed by atoms with Crippen LogP contribution in [0.4, 0.5) is 22.0 Å². The molecular weight excluding hydrogens is 363 g/mol. The first-order valence-electron chi connectivity index (χ1n) is 8.25. The lowest BCUT2D eigenvalue weighted by molar-refractivity contribution is 0.0707. The van der Waals surface area contributed by atoms with E-state index in [1.165, 1.54) is 0 Å². The molecule has 0 aliphatic heterocycles. The van der Waals surface area contributed by atoms with Crippen LogP contribution in [-0.2, 0) is 19.7 Å². The van der Waals surface area contributed by atoms with E-state index in [0.717, 1.165) is 0 Å². The Balaban J connectivity index is 2.77. The minimum Gasteiger partial charge on any atom is -0.374 e. The maximum atomic E-state index is 13.6. The van der Waals surface area contributed by atoms with Gasteiger partial charge in [0, 0.05) is 31.4 Å². The van der Waals surface area contributed by atoms with Crippen molar-refractivity contribution in [1.82, 2.24) is 0 Å². The van der Waals surface area contributed by atoms with E-state index in [0.29, 0.717) is 32.3 Å². The minimum absolute atomic E-state index is 0.209. The number of benzene rings is 1. The molecule has 0 heterocycles. The van der Waals surface area contributed by atoms with Crippen molar-refractivity contribution in [3.05, 3.63) is 34.6 Å². The molecule has 0 radical (unpaired) electrons. The van der Waals surface area contributed by atoms with Gasteiger partial charge in [0.1, 0.15) is 0 Å². The molecule has 0 saturated heterocycles. The van der Waals surface area contributed by atoms with Crippen molar-refractivity contribution in [3.8, 4) is 0 Å². The first-order chi connectivity index (χ1) is 11.8. The van der Waals surface area contributed by atoms with Crippen LogP contribution in [-0.4, -0.2) is 28.6 Å². The molecule has 0 N–H and O–H groups in total. The van der Waals surface area contributed by atoms with E-state index in [1.807, 2.05) is 0 Å². The summed E-state index contributed by atoms with van der Waals surface area (Å²) in [6, 6.07) is 0.401. The molecular formula is C16H23F5O3Si. The zero-order valence-electron chi connectivity index (χ0n) is 14.6. The quantitative estimate of drug-likeness (QED) is 0.181. The maximum Gasteiger partial charge on any atom is 0.500 e. The molecule has 0 spiro atoms. The number of rotatable bonds is 11. The van der Waals surface area contributed by atoms with Crippen LogP contribution in [0.3, 0.4) is 0 Å². The van der Waals surface area contributed by atoms with E-state index in [2.05, 4.69) is 0 Å². The second-order valence-corrected chi connectivity index (χ2v) is 7.97. The van der Waals surface area contributed by atoms with Crippen LogP contribution >= 0.6 is 0 Å². The molecule has 0 aliphatic rings. The highest BCUT2D eigenvalue weighted by Crippen LogP contribution is 2.26. The summed E-state index contributed by atoms with van der Waals surface area (Å²) in [5, 5.41) is 0. The molecule has 0 saturated carbocycles. The lowest BCUT2D eigenvalue weighted by atomic mass is 10.1. The molecule has 0 atom stereocenters. The molecule has 144 valence electrons. The summed E-state index contributed by atoms with van der Waals surface area (Å²) in [6.45, 7) is 6.58. The van der Waals surface area contributed by atoms with Gasteiger partial charge >= 0.3 is 8.80 Å². The van der Waals surface area contributed by atoms with Crippen molar-refractivity contribution >= 4 is 8.80 Å². The normalized spacial score (nSPS) is 12.0. The Hall–Kier alpha value is -1.03. The summed E-state index contributed by atoms with van der Waals surface area (Å²) in [5.41, 5.74) is -0.798. The van der Waals surface area contributed by atoms with Crippen LogP contribution < -0.4 is 0 Å². The first kappa shape index (κ1) is 22.0. The lowest BCUT2D eigenvalue weighted by Gasteiger charge is -2.28. The van der Waals surface area contributed by atoms with Crippen LogP contribution in [0.5, 0.6) is 0 Å². The summed E-state index contributed by atoms with van der Waals surface area (Å²) in [4.78, 5) is 0. The Bertz CT molecular complexity index is 525. The largest absolute Gasteiger partial charge is 0.500 e. The maximum absolute atomic E-state index is 13.6. The summed E-state index contributed by atoms with van der Waals surface area (Å²) in [6.07, 6.45) is 0.340. The average Bonchev–Trinajstić information content (AvgIpc) is 2.58. The van der Waals surface area contributed by atoms with Crippen LogP contribution in [0.1, 0.15) is 39.2 Å². The number of hydrogen-bond acceptors (Lipinski definition) is 3. The predicted octanol–water partition coefficient (Wildman–Crippen LogP) is 4.75. The van der Waals surface area contributed by atoms with Gasteiger partial charge in [0.2, 0.25) is 5.82 Å². The van der Waals surface area contributed by atoms with Gasteiger partial charge in [0.15, 0.2) is 23.3 Å². The van der Waals surface area contributed by atoms with Crippen molar-refractivity contribution in [3.63, 3.8) is 0 Å². The van der Waals surface area contributed by atoms with Crippen molar-refractivity contribution in [1.29, 1.82) is 0 Å². The topological polar surface area (TPSA) is 27.7 Å². The van der Waals surface area contributed by atoms with E-state index in [9.17, 15) is 22.0 Å². The summed E-state index contributed by atoms with van der Waals surface area (Å²) in [7, 11) is -2.89. The summed E-state index contributed by atoms with van der Waals surface area (Å²) in [5.74, 6) is -9.54. The second-order valence-electron chi connectivity index (χ2n) is 5.24.